The van der Waals surface area contributed by atoms with Crippen molar-refractivity contribution in [2.75, 3.05) is 30.3 Å². The van der Waals surface area contributed by atoms with Gasteiger partial charge >= 0.3 is 6.03 Å². The van der Waals surface area contributed by atoms with Gasteiger partial charge < -0.3 is 26.8 Å². The highest BCUT2D eigenvalue weighted by atomic mass is 19.1. The highest BCUT2D eigenvalue weighted by Crippen LogP contribution is 2.25. The minimum absolute atomic E-state index is 0.0122. The minimum atomic E-state index is -0.711. The Morgan fingerprint density at radius 1 is 1.04 bits per heavy atom. The molecule has 0 aliphatic rings. The van der Waals surface area contributed by atoms with Crippen LogP contribution >= 0.6 is 0 Å². The summed E-state index contributed by atoms with van der Waals surface area (Å²) in [4.78, 5) is 36.1. The van der Waals surface area contributed by atoms with Crippen molar-refractivity contribution in [2.24, 2.45) is 5.73 Å². The number of nitrogens with two attached hydrogens (primary N) is 1. The number of ketones is 1. The molecule has 8 nitrogen and oxygen atoms in total. The third kappa shape index (κ3) is 5.33. The summed E-state index contributed by atoms with van der Waals surface area (Å²) in [6.07, 6.45) is 0. The number of halogens is 1. The summed E-state index contributed by atoms with van der Waals surface area (Å²) in [7, 11) is 0. The lowest BCUT2D eigenvalue weighted by Crippen LogP contribution is -2.31. The first-order valence-electron chi connectivity index (χ1n) is 8.05. The number of amides is 3. The van der Waals surface area contributed by atoms with Crippen LogP contribution in [-0.4, -0.2) is 42.5 Å². The van der Waals surface area contributed by atoms with Crippen LogP contribution in [0, 0.1) is 5.82 Å². The summed E-state index contributed by atoms with van der Waals surface area (Å²) >= 11 is 0. The van der Waals surface area contributed by atoms with Crippen molar-refractivity contribution >= 4 is 29.1 Å². The van der Waals surface area contributed by atoms with Crippen LogP contribution < -0.4 is 21.7 Å². The summed E-state index contributed by atoms with van der Waals surface area (Å²) in [5.74, 6) is -1.91. The van der Waals surface area contributed by atoms with Crippen LogP contribution in [-0.2, 0) is 4.79 Å². The van der Waals surface area contributed by atoms with Gasteiger partial charge in [-0.25, -0.2) is 9.18 Å². The second-order valence-electron chi connectivity index (χ2n) is 5.43. The third-order valence-electron chi connectivity index (χ3n) is 3.50. The lowest BCUT2D eigenvalue weighted by Gasteiger charge is -2.13. The molecule has 0 fully saturated rings. The van der Waals surface area contributed by atoms with Gasteiger partial charge in [0.15, 0.2) is 5.78 Å². The van der Waals surface area contributed by atoms with Crippen molar-refractivity contribution in [3.8, 4) is 0 Å². The monoisotopic (exact) mass is 374 g/mol. The molecule has 2 aromatic carbocycles. The van der Waals surface area contributed by atoms with E-state index in [1.807, 2.05) is 0 Å². The number of nitrogens with one attached hydrogen (secondary N) is 3. The zero-order valence-electron chi connectivity index (χ0n) is 14.3. The second-order valence-corrected chi connectivity index (χ2v) is 5.43. The molecule has 3 amide bonds. The van der Waals surface area contributed by atoms with Crippen LogP contribution in [0.5, 0.6) is 0 Å². The van der Waals surface area contributed by atoms with E-state index in [0.717, 1.165) is 6.07 Å². The normalized spacial score (nSPS) is 10.2. The number of carbonyl (C=O) groups is 3. The van der Waals surface area contributed by atoms with Crippen LogP contribution in [0.3, 0.4) is 0 Å². The topological polar surface area (TPSA) is 134 Å². The average Bonchev–Trinajstić information content (AvgIpc) is 2.67. The maximum atomic E-state index is 14.0. The van der Waals surface area contributed by atoms with E-state index in [9.17, 15) is 18.8 Å². The number of carbonyl (C=O) groups excluding carboxylic acids is 3. The van der Waals surface area contributed by atoms with Gasteiger partial charge in [-0.1, -0.05) is 12.1 Å². The lowest BCUT2D eigenvalue weighted by atomic mass is 10.00. The first kappa shape index (κ1) is 20.0. The van der Waals surface area contributed by atoms with Crippen LogP contribution in [0.4, 0.5) is 20.6 Å². The van der Waals surface area contributed by atoms with Gasteiger partial charge in [0.25, 0.3) is 0 Å². The molecule has 0 aliphatic heterocycles. The molecule has 0 atom stereocenters. The smallest absolute Gasteiger partial charge is 0.319 e. The molecule has 0 bridgehead atoms. The zero-order valence-corrected chi connectivity index (χ0v) is 14.3. The molecule has 0 saturated heterocycles. The fraction of sp³-hybridized carbons (Fsp3) is 0.167. The predicted molar refractivity (Wildman–Crippen MR) is 98.1 cm³/mol. The van der Waals surface area contributed by atoms with E-state index in [2.05, 4.69) is 16.0 Å². The maximum absolute atomic E-state index is 14.0. The second kappa shape index (κ2) is 9.41. The molecule has 2 aromatic rings. The van der Waals surface area contributed by atoms with Gasteiger partial charge in [0.1, 0.15) is 5.82 Å². The molecule has 2 rings (SSSR count). The fourth-order valence-corrected chi connectivity index (χ4v) is 2.26. The standard InChI is InChI=1S/C18H19FN4O4/c19-14-4-2-1-3-12(14)17(26)13-9-11(22-18(27)21-7-8-24)5-6-15(13)23-16(25)10-20/h1-6,9,24H,7-8,10,20H2,(H,23,25)(H2,21,22,27). The number of aliphatic hydroxyl groups is 1. The van der Waals surface area contributed by atoms with Gasteiger partial charge in [-0.3, -0.25) is 9.59 Å². The molecular weight excluding hydrogens is 355 g/mol. The third-order valence-corrected chi connectivity index (χ3v) is 3.50. The van der Waals surface area contributed by atoms with Crippen molar-refractivity contribution < 1.29 is 23.9 Å². The average molecular weight is 374 g/mol. The van der Waals surface area contributed by atoms with Gasteiger partial charge in [0, 0.05) is 17.8 Å². The van der Waals surface area contributed by atoms with Crippen LogP contribution in [0.15, 0.2) is 42.5 Å². The Bertz CT molecular complexity index is 857. The van der Waals surface area contributed by atoms with Crippen LogP contribution in [0.1, 0.15) is 15.9 Å². The van der Waals surface area contributed by atoms with Crippen molar-refractivity contribution in [3.05, 3.63) is 59.4 Å². The van der Waals surface area contributed by atoms with Crippen molar-refractivity contribution in [3.63, 3.8) is 0 Å². The largest absolute Gasteiger partial charge is 0.395 e. The number of hydrogen-bond acceptors (Lipinski definition) is 5. The molecule has 27 heavy (non-hydrogen) atoms. The van der Waals surface area contributed by atoms with E-state index in [1.165, 1.54) is 36.4 Å². The Kier molecular flexibility index (Phi) is 6.98. The number of anilines is 2. The number of hydrogen-bond donors (Lipinski definition) is 5. The molecule has 0 spiro atoms. The van der Waals surface area contributed by atoms with Gasteiger partial charge in [-0.05, 0) is 30.3 Å². The molecule has 6 N–H and O–H groups in total. The first-order valence-corrected chi connectivity index (χ1v) is 8.05. The summed E-state index contributed by atoms with van der Waals surface area (Å²) in [6.45, 7) is -0.469. The van der Waals surface area contributed by atoms with Gasteiger partial charge in [0.05, 0.1) is 24.4 Å². The summed E-state index contributed by atoms with van der Waals surface area (Å²) in [5, 5.41) is 16.1. The van der Waals surface area contributed by atoms with Gasteiger partial charge in [-0.2, -0.15) is 0 Å². The summed E-state index contributed by atoms with van der Waals surface area (Å²) in [6, 6.07) is 9.03. The Labute approximate surface area is 154 Å². The predicted octanol–water partition coefficient (Wildman–Crippen LogP) is 1.07. The molecule has 0 aliphatic carbocycles. The maximum Gasteiger partial charge on any atom is 0.319 e. The fourth-order valence-electron chi connectivity index (χ4n) is 2.26. The van der Waals surface area contributed by atoms with E-state index < -0.39 is 23.5 Å². The zero-order chi connectivity index (χ0) is 19.8. The number of rotatable bonds is 7. The van der Waals surface area contributed by atoms with Crippen LogP contribution in [0.2, 0.25) is 0 Å². The van der Waals surface area contributed by atoms with Gasteiger partial charge in [-0.15, -0.1) is 0 Å². The highest BCUT2D eigenvalue weighted by Gasteiger charge is 2.19. The van der Waals surface area contributed by atoms with E-state index in [4.69, 9.17) is 10.8 Å². The van der Waals surface area contributed by atoms with E-state index >= 15 is 0 Å². The lowest BCUT2D eigenvalue weighted by molar-refractivity contribution is -0.114. The molecule has 0 radical (unpaired) electrons. The van der Waals surface area contributed by atoms with Gasteiger partial charge in [0.2, 0.25) is 5.91 Å². The Hall–Kier alpha value is -3.30. The highest BCUT2D eigenvalue weighted by molar-refractivity contribution is 6.14. The quantitative estimate of drug-likeness (QED) is 0.462. The van der Waals surface area contributed by atoms with Crippen molar-refractivity contribution in [1.29, 1.82) is 0 Å². The summed E-state index contributed by atoms with van der Waals surface area (Å²) < 4.78 is 14.0. The molecule has 9 heteroatoms. The van der Waals surface area contributed by atoms with Crippen molar-refractivity contribution in [1.82, 2.24) is 5.32 Å². The molecule has 142 valence electrons. The minimum Gasteiger partial charge on any atom is -0.395 e. The molecule has 0 heterocycles. The Morgan fingerprint density at radius 2 is 1.78 bits per heavy atom. The van der Waals surface area contributed by atoms with Crippen LogP contribution in [0.25, 0.3) is 0 Å². The molecule has 0 aromatic heterocycles. The van der Waals surface area contributed by atoms with E-state index in [1.54, 1.807) is 0 Å². The Balaban J connectivity index is 2.39. The van der Waals surface area contributed by atoms with Crippen molar-refractivity contribution in [2.45, 2.75) is 0 Å². The summed E-state index contributed by atoms with van der Waals surface area (Å²) in [5.41, 5.74) is 5.48. The number of urea groups is 1. The number of aliphatic hydroxyl groups excluding tert-OH is 1. The van der Waals surface area contributed by atoms with E-state index in [-0.39, 0.29) is 42.2 Å². The number of benzene rings is 2. The SMILES string of the molecule is NCC(=O)Nc1ccc(NC(=O)NCCO)cc1C(=O)c1ccccc1F. The molecule has 0 saturated carbocycles. The molecular formula is C18H19FN4O4. The molecule has 0 unspecified atom stereocenters. The Morgan fingerprint density at radius 3 is 2.44 bits per heavy atom. The van der Waals surface area contributed by atoms with E-state index in [0.29, 0.717) is 0 Å². The first-order chi connectivity index (χ1) is 13.0.